The average Bonchev–Trinajstić information content (AvgIpc) is 3.49. The van der Waals surface area contributed by atoms with Gasteiger partial charge in [0.25, 0.3) is 0 Å². The second kappa shape index (κ2) is 9.47. The Labute approximate surface area is 149 Å². The molecule has 2 heterocycles. The van der Waals surface area contributed by atoms with Gasteiger partial charge in [0, 0.05) is 31.7 Å². The van der Waals surface area contributed by atoms with E-state index in [4.69, 9.17) is 20.1 Å². The number of carboxylic acid groups (broad SMARTS) is 1. The van der Waals surface area contributed by atoms with Gasteiger partial charge in [-0.25, -0.2) is 0 Å². The van der Waals surface area contributed by atoms with Gasteiger partial charge in [-0.05, 0) is 27.2 Å². The first-order valence-electron chi connectivity index (χ1n) is 8.85. The molecule has 0 aliphatic carbocycles. The highest BCUT2D eigenvalue weighted by atomic mass is 16.6. The standard InChI is InChI=1S/C11H21NO4.C6H11NO2/c1-3-11(7-13,8-14)16-10(15)4-5-12-6-9(12)2;1-4-3-7(4)5(2)6(8)9/h9,13-14H,3-8H2,1-2H3;4-5H,3H2,1-2H3,(H,8,9). The fourth-order valence-electron chi connectivity index (χ4n) is 2.48. The number of aliphatic carboxylic acids is 1. The molecule has 2 saturated heterocycles. The lowest BCUT2D eigenvalue weighted by atomic mass is 10.0. The summed E-state index contributed by atoms with van der Waals surface area (Å²) in [5.41, 5.74) is -1.11. The van der Waals surface area contributed by atoms with E-state index in [9.17, 15) is 9.59 Å². The van der Waals surface area contributed by atoms with E-state index in [1.54, 1.807) is 13.8 Å². The van der Waals surface area contributed by atoms with E-state index in [-0.39, 0.29) is 25.2 Å². The Kier molecular flexibility index (Phi) is 8.27. The van der Waals surface area contributed by atoms with Gasteiger partial charge in [0.15, 0.2) is 5.60 Å². The second-order valence-electron chi connectivity index (χ2n) is 6.98. The molecule has 0 radical (unpaired) electrons. The number of aliphatic hydroxyl groups excluding tert-OH is 2. The van der Waals surface area contributed by atoms with Crippen molar-refractivity contribution < 1.29 is 29.6 Å². The highest BCUT2D eigenvalue weighted by Gasteiger charge is 2.36. The molecule has 0 bridgehead atoms. The molecule has 2 aliphatic heterocycles. The fourth-order valence-corrected chi connectivity index (χ4v) is 2.48. The van der Waals surface area contributed by atoms with Crippen LogP contribution in [0, 0.1) is 0 Å². The van der Waals surface area contributed by atoms with Crippen molar-refractivity contribution in [3.63, 3.8) is 0 Å². The van der Waals surface area contributed by atoms with Gasteiger partial charge in [0.05, 0.1) is 19.6 Å². The Bertz CT molecular complexity index is 446. The van der Waals surface area contributed by atoms with Crippen LogP contribution in [0.25, 0.3) is 0 Å². The zero-order chi connectivity index (χ0) is 19.2. The molecule has 2 fully saturated rings. The maximum Gasteiger partial charge on any atom is 0.320 e. The van der Waals surface area contributed by atoms with E-state index in [1.807, 2.05) is 11.8 Å². The number of aliphatic hydroxyl groups is 2. The van der Waals surface area contributed by atoms with Gasteiger partial charge in [0.2, 0.25) is 0 Å². The largest absolute Gasteiger partial charge is 0.480 e. The van der Waals surface area contributed by atoms with Gasteiger partial charge in [-0.2, -0.15) is 0 Å². The third-order valence-electron chi connectivity index (χ3n) is 4.91. The Morgan fingerprint density at radius 1 is 1.20 bits per heavy atom. The number of carbonyl (C=O) groups excluding carboxylic acids is 1. The molecule has 0 aromatic rings. The first kappa shape index (κ1) is 21.8. The third-order valence-corrected chi connectivity index (χ3v) is 4.91. The summed E-state index contributed by atoms with van der Waals surface area (Å²) < 4.78 is 5.13. The van der Waals surface area contributed by atoms with Gasteiger partial charge < -0.3 is 20.1 Å². The van der Waals surface area contributed by atoms with Crippen LogP contribution in [0.5, 0.6) is 0 Å². The number of hydrogen-bond acceptors (Lipinski definition) is 7. The molecule has 0 aromatic carbocycles. The van der Waals surface area contributed by atoms with Crippen molar-refractivity contribution >= 4 is 11.9 Å². The zero-order valence-electron chi connectivity index (χ0n) is 15.6. The van der Waals surface area contributed by atoms with Crippen molar-refractivity contribution in [3.8, 4) is 0 Å². The summed E-state index contributed by atoms with van der Waals surface area (Å²) in [5, 5.41) is 26.7. The van der Waals surface area contributed by atoms with E-state index in [0.29, 0.717) is 31.5 Å². The number of esters is 1. The van der Waals surface area contributed by atoms with Crippen LogP contribution >= 0.6 is 0 Å². The van der Waals surface area contributed by atoms with Gasteiger partial charge in [0.1, 0.15) is 6.04 Å². The number of carboxylic acids is 1. The summed E-state index contributed by atoms with van der Waals surface area (Å²) in [6.45, 7) is 9.59. The van der Waals surface area contributed by atoms with E-state index in [1.165, 1.54) is 0 Å². The number of carbonyl (C=O) groups is 2. The van der Waals surface area contributed by atoms with Crippen molar-refractivity contribution in [3.05, 3.63) is 0 Å². The molecular weight excluding hydrogens is 328 g/mol. The van der Waals surface area contributed by atoms with Crippen LogP contribution in [-0.2, 0) is 14.3 Å². The van der Waals surface area contributed by atoms with Crippen molar-refractivity contribution in [2.45, 2.75) is 64.3 Å². The number of ether oxygens (including phenoxy) is 1. The van der Waals surface area contributed by atoms with Gasteiger partial charge in [-0.1, -0.05) is 6.92 Å². The maximum absolute atomic E-state index is 11.5. The Morgan fingerprint density at radius 2 is 1.72 bits per heavy atom. The summed E-state index contributed by atoms with van der Waals surface area (Å²) in [6, 6.07) is 0.760. The summed E-state index contributed by atoms with van der Waals surface area (Å²) in [5.74, 6) is -1.08. The summed E-state index contributed by atoms with van der Waals surface area (Å²) in [4.78, 5) is 25.9. The van der Waals surface area contributed by atoms with E-state index < -0.39 is 11.6 Å². The monoisotopic (exact) mass is 360 g/mol. The second-order valence-corrected chi connectivity index (χ2v) is 6.98. The highest BCUT2D eigenvalue weighted by molar-refractivity contribution is 5.73. The van der Waals surface area contributed by atoms with Crippen molar-refractivity contribution in [2.24, 2.45) is 0 Å². The molecule has 5 unspecified atom stereocenters. The molecule has 0 saturated carbocycles. The lowest BCUT2D eigenvalue weighted by molar-refractivity contribution is -0.170. The fraction of sp³-hybridized carbons (Fsp3) is 0.882. The predicted molar refractivity (Wildman–Crippen MR) is 92.2 cm³/mol. The molecule has 0 amide bonds. The minimum absolute atomic E-state index is 0.292. The predicted octanol–water partition coefficient (Wildman–Crippen LogP) is -0.0792. The lowest BCUT2D eigenvalue weighted by Gasteiger charge is -2.28. The third kappa shape index (κ3) is 6.89. The SMILES string of the molecule is CC1CN1C(C)C(=O)O.CCC(CO)(CO)OC(=O)CCN1CC1C. The van der Waals surface area contributed by atoms with Gasteiger partial charge in [-0.3, -0.25) is 19.4 Å². The lowest BCUT2D eigenvalue weighted by Crippen LogP contribution is -2.42. The zero-order valence-corrected chi connectivity index (χ0v) is 15.6. The van der Waals surface area contributed by atoms with Gasteiger partial charge >= 0.3 is 11.9 Å². The van der Waals surface area contributed by atoms with Gasteiger partial charge in [-0.15, -0.1) is 0 Å². The van der Waals surface area contributed by atoms with Crippen LogP contribution in [-0.4, -0.2) is 93.6 Å². The van der Waals surface area contributed by atoms with E-state index >= 15 is 0 Å². The maximum atomic E-state index is 11.5. The number of rotatable bonds is 9. The summed E-state index contributed by atoms with van der Waals surface area (Å²) in [7, 11) is 0. The van der Waals surface area contributed by atoms with Crippen LogP contribution in [0.2, 0.25) is 0 Å². The molecule has 25 heavy (non-hydrogen) atoms. The Hall–Kier alpha value is -1.22. The van der Waals surface area contributed by atoms with Crippen LogP contribution < -0.4 is 0 Å². The molecule has 2 rings (SSSR count). The van der Waals surface area contributed by atoms with E-state index in [0.717, 1.165) is 13.1 Å². The molecule has 8 nitrogen and oxygen atoms in total. The highest BCUT2D eigenvalue weighted by Crippen LogP contribution is 2.20. The first-order valence-corrected chi connectivity index (χ1v) is 8.85. The topological polar surface area (TPSA) is 110 Å². The number of nitrogens with zero attached hydrogens (tertiary/aromatic N) is 2. The Balaban J connectivity index is 0.000000293. The minimum Gasteiger partial charge on any atom is -0.480 e. The molecule has 0 aromatic heterocycles. The molecule has 0 spiro atoms. The van der Waals surface area contributed by atoms with Crippen LogP contribution in [0.4, 0.5) is 0 Å². The van der Waals surface area contributed by atoms with Crippen LogP contribution in [0.1, 0.15) is 40.5 Å². The van der Waals surface area contributed by atoms with Crippen molar-refractivity contribution in [1.82, 2.24) is 9.80 Å². The molecular formula is C17H32N2O6. The summed E-state index contributed by atoms with van der Waals surface area (Å²) >= 11 is 0. The summed E-state index contributed by atoms with van der Waals surface area (Å²) in [6.07, 6.45) is 0.720. The molecule has 3 N–H and O–H groups in total. The van der Waals surface area contributed by atoms with E-state index in [2.05, 4.69) is 11.8 Å². The first-order chi connectivity index (χ1) is 11.7. The molecule has 146 valence electrons. The molecule has 8 heteroatoms. The Morgan fingerprint density at radius 3 is 2.00 bits per heavy atom. The quantitative estimate of drug-likeness (QED) is 0.387. The van der Waals surface area contributed by atoms with Crippen LogP contribution in [0.3, 0.4) is 0 Å². The van der Waals surface area contributed by atoms with Crippen molar-refractivity contribution in [1.29, 1.82) is 0 Å². The molecule has 2 aliphatic rings. The van der Waals surface area contributed by atoms with Crippen molar-refractivity contribution in [2.75, 3.05) is 32.8 Å². The minimum atomic E-state index is -1.11. The molecule has 5 atom stereocenters. The smallest absolute Gasteiger partial charge is 0.320 e. The number of hydrogen-bond donors (Lipinski definition) is 3. The average molecular weight is 360 g/mol. The van der Waals surface area contributed by atoms with Crippen LogP contribution in [0.15, 0.2) is 0 Å². The normalized spacial score (nSPS) is 28.4.